The van der Waals surface area contributed by atoms with Crippen molar-refractivity contribution in [3.8, 4) is 0 Å². The molecule has 0 aliphatic heterocycles. The van der Waals surface area contributed by atoms with Crippen LogP contribution < -0.4 is 16.2 Å². The quantitative estimate of drug-likeness (QED) is 0.663. The van der Waals surface area contributed by atoms with E-state index in [1.165, 1.54) is 6.07 Å². The topological polar surface area (TPSA) is 107 Å². The van der Waals surface area contributed by atoms with E-state index < -0.39 is 10.0 Å². The molecule has 7 heteroatoms. The second-order valence-corrected chi connectivity index (χ2v) is 5.54. The van der Waals surface area contributed by atoms with Crippen molar-refractivity contribution < 1.29 is 13.2 Å². The average molecular weight is 273 g/mol. The number of methoxy groups -OCH3 is 1. The molecule has 0 fully saturated rings. The van der Waals surface area contributed by atoms with Crippen molar-refractivity contribution in [3.05, 3.63) is 18.2 Å². The minimum absolute atomic E-state index is 0.00273. The molecule has 6 nitrogen and oxygen atoms in total. The number of hydrogen-bond donors (Lipinski definition) is 3. The molecule has 1 unspecified atom stereocenters. The first kappa shape index (κ1) is 14.7. The lowest BCUT2D eigenvalue weighted by Gasteiger charge is -2.19. The van der Waals surface area contributed by atoms with Crippen LogP contribution in [0.25, 0.3) is 0 Å². The summed E-state index contributed by atoms with van der Waals surface area (Å²) in [6, 6.07) is 4.58. The molecule has 0 bridgehead atoms. The average Bonchev–Trinajstić information content (AvgIpc) is 2.29. The third kappa shape index (κ3) is 3.86. The molecule has 0 amide bonds. The number of nitrogen functional groups attached to an aromatic ring is 1. The lowest BCUT2D eigenvalue weighted by Crippen LogP contribution is -2.26. The number of nitrogens with one attached hydrogen (secondary N) is 1. The first-order valence-corrected chi connectivity index (χ1v) is 7.11. The van der Waals surface area contributed by atoms with Gasteiger partial charge in [-0.05, 0) is 24.6 Å². The minimum atomic E-state index is -3.81. The van der Waals surface area contributed by atoms with E-state index in [0.717, 1.165) is 6.42 Å². The molecule has 0 saturated heterocycles. The van der Waals surface area contributed by atoms with Crippen molar-refractivity contribution in [2.45, 2.75) is 24.3 Å². The zero-order valence-electron chi connectivity index (χ0n) is 10.5. The Balaban J connectivity index is 3.09. The third-order valence-electron chi connectivity index (χ3n) is 2.53. The van der Waals surface area contributed by atoms with E-state index >= 15 is 0 Å². The first-order valence-electron chi connectivity index (χ1n) is 5.56. The summed E-state index contributed by atoms with van der Waals surface area (Å²) in [7, 11) is -2.22. The van der Waals surface area contributed by atoms with Gasteiger partial charge in [-0.25, -0.2) is 13.6 Å². The summed E-state index contributed by atoms with van der Waals surface area (Å²) in [5.41, 5.74) is 6.37. The van der Waals surface area contributed by atoms with Crippen LogP contribution in [0.4, 0.5) is 11.4 Å². The number of hydrogen-bond acceptors (Lipinski definition) is 5. The minimum Gasteiger partial charge on any atom is -0.399 e. The van der Waals surface area contributed by atoms with Gasteiger partial charge in [0.15, 0.2) is 0 Å². The zero-order valence-corrected chi connectivity index (χ0v) is 11.3. The number of benzene rings is 1. The molecule has 0 spiro atoms. The van der Waals surface area contributed by atoms with E-state index in [9.17, 15) is 8.42 Å². The zero-order chi connectivity index (χ0) is 13.8. The van der Waals surface area contributed by atoms with Gasteiger partial charge >= 0.3 is 0 Å². The lowest BCUT2D eigenvalue weighted by molar-refractivity contribution is 0.184. The highest BCUT2D eigenvalue weighted by atomic mass is 32.2. The van der Waals surface area contributed by atoms with Crippen LogP contribution in [-0.2, 0) is 14.8 Å². The van der Waals surface area contributed by atoms with Gasteiger partial charge in [0, 0.05) is 18.8 Å². The maximum Gasteiger partial charge on any atom is 0.240 e. The molecule has 1 rings (SSSR count). The number of primary sulfonamides is 1. The van der Waals surface area contributed by atoms with Crippen molar-refractivity contribution in [1.82, 2.24) is 0 Å². The molecule has 1 aromatic carbocycles. The smallest absolute Gasteiger partial charge is 0.240 e. The Labute approximate surface area is 107 Å². The summed E-state index contributed by atoms with van der Waals surface area (Å²) < 4.78 is 28.0. The van der Waals surface area contributed by atoms with Crippen LogP contribution in [0.3, 0.4) is 0 Å². The van der Waals surface area contributed by atoms with Crippen molar-refractivity contribution in [2.75, 3.05) is 24.8 Å². The Hall–Kier alpha value is -1.31. The normalized spacial score (nSPS) is 13.3. The van der Waals surface area contributed by atoms with Gasteiger partial charge in [-0.2, -0.15) is 0 Å². The van der Waals surface area contributed by atoms with Crippen molar-refractivity contribution in [1.29, 1.82) is 0 Å². The summed E-state index contributed by atoms with van der Waals surface area (Å²) in [6.07, 6.45) is 0.794. The van der Waals surface area contributed by atoms with Crippen molar-refractivity contribution in [3.63, 3.8) is 0 Å². The standard InChI is InChI=1S/C11H19N3O3S/c1-3-9(7-17-2)14-10-5-4-8(12)6-11(10)18(13,15)16/h4-6,9,14H,3,7,12H2,1-2H3,(H2,13,15,16). The van der Waals surface area contributed by atoms with Crippen LogP contribution in [-0.4, -0.2) is 28.2 Å². The molecule has 0 aromatic heterocycles. The van der Waals surface area contributed by atoms with Crippen LogP contribution in [0.15, 0.2) is 23.1 Å². The second kappa shape index (κ2) is 6.03. The Kier molecular flexibility index (Phi) is 4.94. The molecule has 0 heterocycles. The fraction of sp³-hybridized carbons (Fsp3) is 0.455. The fourth-order valence-electron chi connectivity index (χ4n) is 1.58. The van der Waals surface area contributed by atoms with Gasteiger partial charge in [0.1, 0.15) is 4.90 Å². The molecule has 0 radical (unpaired) electrons. The molecule has 0 aliphatic rings. The van der Waals surface area contributed by atoms with Crippen LogP contribution >= 0.6 is 0 Å². The maximum atomic E-state index is 11.5. The summed E-state index contributed by atoms with van der Waals surface area (Å²) in [4.78, 5) is -0.00273. The largest absolute Gasteiger partial charge is 0.399 e. The molecule has 1 aromatic rings. The van der Waals surface area contributed by atoms with Crippen molar-refractivity contribution >= 4 is 21.4 Å². The number of sulfonamides is 1. The van der Waals surface area contributed by atoms with Gasteiger partial charge in [-0.1, -0.05) is 6.92 Å². The van der Waals surface area contributed by atoms with Crippen LogP contribution in [0.2, 0.25) is 0 Å². The number of anilines is 2. The molecule has 5 N–H and O–H groups in total. The van der Waals surface area contributed by atoms with Crippen LogP contribution in [0.5, 0.6) is 0 Å². The molecular formula is C11H19N3O3S. The maximum absolute atomic E-state index is 11.5. The first-order chi connectivity index (χ1) is 8.38. The number of rotatable bonds is 6. The highest BCUT2D eigenvalue weighted by Gasteiger charge is 2.16. The summed E-state index contributed by atoms with van der Waals surface area (Å²) in [5, 5.41) is 8.26. The van der Waals surface area contributed by atoms with Gasteiger partial charge in [0.2, 0.25) is 10.0 Å². The Morgan fingerprint density at radius 2 is 2.11 bits per heavy atom. The molecule has 102 valence electrons. The van der Waals surface area contributed by atoms with Gasteiger partial charge in [0.05, 0.1) is 12.3 Å². The SMILES string of the molecule is CCC(COC)Nc1ccc(N)cc1S(N)(=O)=O. The Bertz CT molecular complexity index is 502. The van der Waals surface area contributed by atoms with E-state index in [2.05, 4.69) is 5.32 Å². The van der Waals surface area contributed by atoms with Gasteiger partial charge in [-0.15, -0.1) is 0 Å². The predicted molar refractivity (Wildman–Crippen MR) is 71.8 cm³/mol. The Morgan fingerprint density at radius 1 is 1.44 bits per heavy atom. The van der Waals surface area contributed by atoms with Gasteiger partial charge < -0.3 is 15.8 Å². The highest BCUT2D eigenvalue weighted by Crippen LogP contribution is 2.23. The monoisotopic (exact) mass is 273 g/mol. The summed E-state index contributed by atoms with van der Waals surface area (Å²) in [6.45, 7) is 2.45. The lowest BCUT2D eigenvalue weighted by atomic mass is 10.2. The predicted octanol–water partition coefficient (Wildman–Crippen LogP) is 0.753. The second-order valence-electron chi connectivity index (χ2n) is 4.01. The molecule has 1 atom stereocenters. The summed E-state index contributed by atoms with van der Waals surface area (Å²) in [5.74, 6) is 0. The highest BCUT2D eigenvalue weighted by molar-refractivity contribution is 7.89. The Morgan fingerprint density at radius 3 is 2.61 bits per heavy atom. The van der Waals surface area contributed by atoms with E-state index in [1.807, 2.05) is 6.92 Å². The van der Waals surface area contributed by atoms with Crippen LogP contribution in [0.1, 0.15) is 13.3 Å². The molecule has 0 saturated carbocycles. The van der Waals surface area contributed by atoms with E-state index in [-0.39, 0.29) is 10.9 Å². The number of ether oxygens (including phenoxy) is 1. The number of nitrogens with two attached hydrogens (primary N) is 2. The third-order valence-corrected chi connectivity index (χ3v) is 3.48. The fourth-order valence-corrected chi connectivity index (χ4v) is 2.31. The molecular weight excluding hydrogens is 254 g/mol. The van der Waals surface area contributed by atoms with Crippen LogP contribution in [0, 0.1) is 0 Å². The van der Waals surface area contributed by atoms with E-state index in [1.54, 1.807) is 19.2 Å². The van der Waals surface area contributed by atoms with E-state index in [0.29, 0.717) is 18.0 Å². The molecule has 0 aliphatic carbocycles. The van der Waals surface area contributed by atoms with Crippen molar-refractivity contribution in [2.24, 2.45) is 5.14 Å². The molecule has 18 heavy (non-hydrogen) atoms. The van der Waals surface area contributed by atoms with Gasteiger partial charge in [0.25, 0.3) is 0 Å². The van der Waals surface area contributed by atoms with E-state index in [4.69, 9.17) is 15.6 Å². The van der Waals surface area contributed by atoms with Gasteiger partial charge in [-0.3, -0.25) is 0 Å². The summed E-state index contributed by atoms with van der Waals surface area (Å²) >= 11 is 0.